The third kappa shape index (κ3) is 1.02. The van der Waals surface area contributed by atoms with Crippen LogP contribution in [-0.2, 0) is 9.84 Å². The van der Waals surface area contributed by atoms with Gasteiger partial charge in [0.05, 0.1) is 6.42 Å². The van der Waals surface area contributed by atoms with Gasteiger partial charge in [0.2, 0.25) is 15.3 Å². The highest BCUT2D eigenvalue weighted by Crippen LogP contribution is 2.48. The topological polar surface area (TPSA) is 34.1 Å². The third-order valence-corrected chi connectivity index (χ3v) is 3.73. The highest BCUT2D eigenvalue weighted by atomic mass is 32.2. The van der Waals surface area contributed by atoms with E-state index in [4.69, 9.17) is 0 Å². The predicted octanol–water partition coefficient (Wildman–Crippen LogP) is 1.42. The zero-order valence-electron chi connectivity index (χ0n) is 6.02. The standard InChI is InChI=1S/C5H6F4O2S/c1-4(7)2-5(8,9)12(10,11)3(4)6/h3H,2H2,1H3. The van der Waals surface area contributed by atoms with Crippen LogP contribution >= 0.6 is 0 Å². The van der Waals surface area contributed by atoms with E-state index in [-0.39, 0.29) is 0 Å². The number of rotatable bonds is 0. The van der Waals surface area contributed by atoms with Crippen molar-refractivity contribution in [1.82, 2.24) is 0 Å². The van der Waals surface area contributed by atoms with E-state index in [9.17, 15) is 26.0 Å². The Morgan fingerprint density at radius 3 is 1.83 bits per heavy atom. The summed E-state index contributed by atoms with van der Waals surface area (Å²) in [6, 6.07) is 0. The Labute approximate surface area is 66.5 Å². The molecule has 0 amide bonds. The quantitative estimate of drug-likeness (QED) is 0.562. The van der Waals surface area contributed by atoms with Crippen LogP contribution in [0.25, 0.3) is 0 Å². The summed E-state index contributed by atoms with van der Waals surface area (Å²) in [4.78, 5) is 0. The number of alkyl halides is 4. The molecule has 0 bridgehead atoms. The van der Waals surface area contributed by atoms with Crippen molar-refractivity contribution in [3.8, 4) is 0 Å². The minimum absolute atomic E-state index is 0.510. The molecule has 0 radical (unpaired) electrons. The molecule has 7 heteroatoms. The normalized spacial score (nSPS) is 44.6. The molecule has 72 valence electrons. The lowest BCUT2D eigenvalue weighted by Gasteiger charge is -2.11. The lowest BCUT2D eigenvalue weighted by atomic mass is 10.1. The molecule has 1 aliphatic heterocycles. The van der Waals surface area contributed by atoms with E-state index in [0.717, 1.165) is 0 Å². The van der Waals surface area contributed by atoms with Crippen LogP contribution in [0.5, 0.6) is 0 Å². The Hall–Kier alpha value is -0.330. The van der Waals surface area contributed by atoms with Crippen LogP contribution in [0.3, 0.4) is 0 Å². The molecule has 1 fully saturated rings. The van der Waals surface area contributed by atoms with Crippen molar-refractivity contribution in [1.29, 1.82) is 0 Å². The highest BCUT2D eigenvalue weighted by Gasteiger charge is 2.67. The summed E-state index contributed by atoms with van der Waals surface area (Å²) in [5, 5.41) is -4.28. The average Bonchev–Trinajstić information content (AvgIpc) is 1.90. The highest BCUT2D eigenvalue weighted by molar-refractivity contribution is 7.93. The van der Waals surface area contributed by atoms with Crippen molar-refractivity contribution in [2.75, 3.05) is 0 Å². The molecule has 0 aromatic rings. The molecule has 1 aliphatic rings. The first kappa shape index (κ1) is 9.76. The van der Waals surface area contributed by atoms with Gasteiger partial charge in [-0.25, -0.2) is 17.2 Å². The molecule has 0 N–H and O–H groups in total. The minimum atomic E-state index is -5.29. The Morgan fingerprint density at radius 1 is 1.33 bits per heavy atom. The number of hydrogen-bond donors (Lipinski definition) is 0. The number of hydrogen-bond acceptors (Lipinski definition) is 2. The molecule has 0 spiro atoms. The average molecular weight is 206 g/mol. The predicted molar refractivity (Wildman–Crippen MR) is 32.9 cm³/mol. The Morgan fingerprint density at radius 2 is 1.75 bits per heavy atom. The second kappa shape index (κ2) is 2.12. The lowest BCUT2D eigenvalue weighted by molar-refractivity contribution is 0.0302. The van der Waals surface area contributed by atoms with E-state index in [2.05, 4.69) is 0 Å². The van der Waals surface area contributed by atoms with Gasteiger partial charge in [0, 0.05) is 0 Å². The van der Waals surface area contributed by atoms with Gasteiger partial charge in [-0.2, -0.15) is 8.78 Å². The van der Waals surface area contributed by atoms with Crippen LogP contribution in [0.2, 0.25) is 0 Å². The molecular weight excluding hydrogens is 200 g/mol. The molecule has 12 heavy (non-hydrogen) atoms. The van der Waals surface area contributed by atoms with Crippen molar-refractivity contribution < 1.29 is 26.0 Å². The zero-order chi connectivity index (χ0) is 9.78. The van der Waals surface area contributed by atoms with E-state index in [1.54, 1.807) is 0 Å². The first-order valence-corrected chi connectivity index (χ1v) is 4.60. The zero-order valence-corrected chi connectivity index (χ0v) is 6.84. The Bertz CT molecular complexity index is 295. The van der Waals surface area contributed by atoms with Gasteiger partial charge in [-0.3, -0.25) is 0 Å². The molecule has 2 atom stereocenters. The summed E-state index contributed by atoms with van der Waals surface area (Å²) in [5.74, 6) is 0. The van der Waals surface area contributed by atoms with Crippen molar-refractivity contribution in [3.05, 3.63) is 0 Å². The van der Waals surface area contributed by atoms with Gasteiger partial charge in [0.25, 0.3) is 0 Å². The Balaban J connectivity index is 3.24. The largest absolute Gasteiger partial charge is 0.351 e. The second-order valence-electron chi connectivity index (χ2n) is 2.95. The van der Waals surface area contributed by atoms with Crippen molar-refractivity contribution in [2.24, 2.45) is 0 Å². The minimum Gasteiger partial charge on any atom is -0.239 e. The first-order chi connectivity index (χ1) is 5.11. The van der Waals surface area contributed by atoms with Gasteiger partial charge in [0.1, 0.15) is 0 Å². The molecule has 0 saturated carbocycles. The summed E-state index contributed by atoms with van der Waals surface area (Å²) in [6.07, 6.45) is -1.61. The van der Waals surface area contributed by atoms with E-state index in [0.29, 0.717) is 6.92 Å². The van der Waals surface area contributed by atoms with Gasteiger partial charge in [-0.05, 0) is 6.92 Å². The molecule has 2 unspecified atom stereocenters. The molecule has 1 saturated heterocycles. The van der Waals surface area contributed by atoms with Crippen LogP contribution in [-0.4, -0.2) is 24.8 Å². The van der Waals surface area contributed by atoms with E-state index in [1.807, 2.05) is 0 Å². The van der Waals surface area contributed by atoms with E-state index >= 15 is 0 Å². The maximum absolute atomic E-state index is 12.8. The summed E-state index contributed by atoms with van der Waals surface area (Å²) in [7, 11) is -5.29. The van der Waals surface area contributed by atoms with Crippen LogP contribution in [0.4, 0.5) is 17.6 Å². The van der Waals surface area contributed by atoms with Gasteiger partial charge >= 0.3 is 5.25 Å². The monoisotopic (exact) mass is 206 g/mol. The van der Waals surface area contributed by atoms with Gasteiger partial charge in [-0.1, -0.05) is 0 Å². The van der Waals surface area contributed by atoms with Gasteiger partial charge in [-0.15, -0.1) is 0 Å². The van der Waals surface area contributed by atoms with Crippen molar-refractivity contribution in [2.45, 2.75) is 29.8 Å². The molecule has 1 rings (SSSR count). The fourth-order valence-corrected chi connectivity index (χ4v) is 2.57. The molecule has 0 aromatic heterocycles. The lowest BCUT2D eigenvalue weighted by Crippen LogP contribution is -2.30. The van der Waals surface area contributed by atoms with Gasteiger partial charge < -0.3 is 0 Å². The summed E-state index contributed by atoms with van der Waals surface area (Å²) in [6.45, 7) is 0.510. The number of sulfone groups is 1. The molecule has 0 aromatic carbocycles. The smallest absolute Gasteiger partial charge is 0.239 e. The fraction of sp³-hybridized carbons (Fsp3) is 1.00. The molecule has 0 aliphatic carbocycles. The summed E-state index contributed by atoms with van der Waals surface area (Å²) >= 11 is 0. The summed E-state index contributed by atoms with van der Waals surface area (Å²) in [5.41, 5.74) is -6.11. The van der Waals surface area contributed by atoms with E-state index in [1.165, 1.54) is 0 Å². The molecular formula is C5H6F4O2S. The SMILES string of the molecule is CC1(F)CC(F)(F)S(=O)(=O)C1F. The third-order valence-electron chi connectivity index (χ3n) is 1.71. The van der Waals surface area contributed by atoms with Crippen molar-refractivity contribution in [3.63, 3.8) is 0 Å². The van der Waals surface area contributed by atoms with Crippen LogP contribution in [0.1, 0.15) is 13.3 Å². The van der Waals surface area contributed by atoms with Crippen LogP contribution in [0.15, 0.2) is 0 Å². The maximum Gasteiger partial charge on any atom is 0.351 e. The molecule has 1 heterocycles. The maximum atomic E-state index is 12.8. The second-order valence-corrected chi connectivity index (χ2v) is 5.05. The van der Waals surface area contributed by atoms with Crippen LogP contribution in [0, 0.1) is 0 Å². The van der Waals surface area contributed by atoms with Gasteiger partial charge in [0.15, 0.2) is 5.67 Å². The van der Waals surface area contributed by atoms with E-state index < -0.39 is 32.7 Å². The number of halogens is 4. The molecule has 2 nitrogen and oxygen atoms in total. The Kier molecular flexibility index (Phi) is 1.73. The first-order valence-electron chi connectivity index (χ1n) is 3.05. The van der Waals surface area contributed by atoms with Crippen LogP contribution < -0.4 is 0 Å². The van der Waals surface area contributed by atoms with Crippen molar-refractivity contribution >= 4 is 9.84 Å². The summed E-state index contributed by atoms with van der Waals surface area (Å²) < 4.78 is 71.0. The fourth-order valence-electron chi connectivity index (χ4n) is 1.06.